The fourth-order valence-electron chi connectivity index (χ4n) is 4.18. The van der Waals surface area contributed by atoms with Crippen LogP contribution in [0.15, 0.2) is 97.2 Å². The highest BCUT2D eigenvalue weighted by Crippen LogP contribution is 2.41. The van der Waals surface area contributed by atoms with Crippen molar-refractivity contribution in [2.75, 3.05) is 6.61 Å². The zero-order valence-electron chi connectivity index (χ0n) is 17.3. The number of benzene rings is 3. The molecule has 0 bridgehead atoms. The van der Waals surface area contributed by atoms with E-state index in [0.717, 1.165) is 16.7 Å². The Balaban J connectivity index is 1.58. The van der Waals surface area contributed by atoms with Crippen molar-refractivity contribution in [3.8, 4) is 16.9 Å². The van der Waals surface area contributed by atoms with Crippen molar-refractivity contribution >= 4 is 5.91 Å². The van der Waals surface area contributed by atoms with Crippen LogP contribution in [-0.2, 0) is 5.54 Å². The first-order valence-corrected chi connectivity index (χ1v) is 10.5. The molecule has 1 N–H and O–H groups in total. The van der Waals surface area contributed by atoms with Gasteiger partial charge in [0.05, 0.1) is 6.61 Å². The third-order valence-electron chi connectivity index (χ3n) is 5.83. The zero-order chi connectivity index (χ0) is 22.0. The molecule has 0 radical (unpaired) electrons. The predicted octanol–water partition coefficient (Wildman–Crippen LogP) is 5.34. The van der Waals surface area contributed by atoms with Gasteiger partial charge in [-0.3, -0.25) is 9.78 Å². The summed E-state index contributed by atoms with van der Waals surface area (Å²) in [6.45, 7) is 0.433. The highest BCUT2D eigenvalue weighted by Gasteiger charge is 2.42. The molecule has 1 aliphatic heterocycles. The summed E-state index contributed by atoms with van der Waals surface area (Å²) >= 11 is 0. The number of aromatic nitrogens is 1. The molecule has 1 atom stereocenters. The maximum Gasteiger partial charge on any atom is 0.252 e. The fraction of sp³-hybridized carbons (Fsp3) is 0.111. The molecule has 1 amide bonds. The molecule has 1 aliphatic rings. The van der Waals surface area contributed by atoms with Crippen molar-refractivity contribution in [3.05, 3.63) is 120 Å². The molecule has 158 valence electrons. The number of amides is 1. The summed E-state index contributed by atoms with van der Waals surface area (Å²) < 4.78 is 19.2. The van der Waals surface area contributed by atoms with Crippen LogP contribution in [0.4, 0.5) is 4.39 Å². The van der Waals surface area contributed by atoms with Crippen molar-refractivity contribution in [3.63, 3.8) is 0 Å². The second-order valence-corrected chi connectivity index (χ2v) is 7.76. The SMILES string of the molecule is O=C(NC1(c2ccc(-c3ccccc3)cc2)CCOc2cccnc21)c1ccc(F)cc1. The zero-order valence-corrected chi connectivity index (χ0v) is 17.3. The Bertz CT molecular complexity index is 1240. The largest absolute Gasteiger partial charge is 0.491 e. The van der Waals surface area contributed by atoms with Crippen LogP contribution in [0.2, 0.25) is 0 Å². The third-order valence-corrected chi connectivity index (χ3v) is 5.83. The number of ether oxygens (including phenoxy) is 1. The lowest BCUT2D eigenvalue weighted by Gasteiger charge is -2.39. The Labute approximate surface area is 185 Å². The van der Waals surface area contributed by atoms with Gasteiger partial charge in [-0.2, -0.15) is 0 Å². The number of rotatable bonds is 4. The Morgan fingerprint density at radius 1 is 0.875 bits per heavy atom. The molecule has 2 heterocycles. The highest BCUT2D eigenvalue weighted by molar-refractivity contribution is 5.95. The summed E-state index contributed by atoms with van der Waals surface area (Å²) in [6, 6.07) is 27.5. The van der Waals surface area contributed by atoms with Crippen LogP contribution in [0.1, 0.15) is 28.0 Å². The van der Waals surface area contributed by atoms with Crippen molar-refractivity contribution in [1.82, 2.24) is 10.3 Å². The normalized spacial score (nSPS) is 17.2. The molecule has 1 unspecified atom stereocenters. The summed E-state index contributed by atoms with van der Waals surface area (Å²) in [4.78, 5) is 17.8. The minimum atomic E-state index is -0.866. The molecule has 5 heteroatoms. The maximum absolute atomic E-state index is 13.4. The summed E-state index contributed by atoms with van der Waals surface area (Å²) in [5.41, 5.74) is 3.30. The second kappa shape index (κ2) is 8.27. The number of carbonyl (C=O) groups excluding carboxylic acids is 1. The fourth-order valence-corrected chi connectivity index (χ4v) is 4.18. The minimum Gasteiger partial charge on any atom is -0.491 e. The number of halogens is 1. The molecule has 0 spiro atoms. The van der Waals surface area contributed by atoms with E-state index in [1.54, 1.807) is 6.20 Å². The number of nitrogens with one attached hydrogen (secondary N) is 1. The summed E-state index contributed by atoms with van der Waals surface area (Å²) in [5, 5.41) is 3.20. The topological polar surface area (TPSA) is 51.2 Å². The molecule has 1 aromatic heterocycles. The van der Waals surface area contributed by atoms with Gasteiger partial charge in [0.2, 0.25) is 0 Å². The summed E-state index contributed by atoms with van der Waals surface area (Å²) in [6.07, 6.45) is 2.22. The van der Waals surface area contributed by atoms with E-state index < -0.39 is 5.54 Å². The number of fused-ring (bicyclic) bond motifs is 1. The van der Waals surface area contributed by atoms with Crippen molar-refractivity contribution in [1.29, 1.82) is 0 Å². The Morgan fingerprint density at radius 2 is 1.59 bits per heavy atom. The second-order valence-electron chi connectivity index (χ2n) is 7.76. The molecule has 0 fully saturated rings. The quantitative estimate of drug-likeness (QED) is 0.481. The van der Waals surface area contributed by atoms with E-state index in [1.807, 2.05) is 42.5 Å². The van der Waals surface area contributed by atoms with Gasteiger partial charge in [-0.25, -0.2) is 4.39 Å². The van der Waals surface area contributed by atoms with Crippen LogP contribution in [0.3, 0.4) is 0 Å². The van der Waals surface area contributed by atoms with Crippen LogP contribution in [0.25, 0.3) is 11.1 Å². The number of hydrogen-bond donors (Lipinski definition) is 1. The number of carbonyl (C=O) groups is 1. The van der Waals surface area contributed by atoms with Crippen molar-refractivity contribution in [2.24, 2.45) is 0 Å². The summed E-state index contributed by atoms with van der Waals surface area (Å²) in [5.74, 6) is -0.0354. The van der Waals surface area contributed by atoms with Gasteiger partial charge in [-0.15, -0.1) is 0 Å². The van der Waals surface area contributed by atoms with E-state index in [2.05, 4.69) is 34.6 Å². The van der Waals surface area contributed by atoms with Crippen LogP contribution < -0.4 is 10.1 Å². The summed E-state index contributed by atoms with van der Waals surface area (Å²) in [7, 11) is 0. The van der Waals surface area contributed by atoms with Crippen LogP contribution >= 0.6 is 0 Å². The van der Waals surface area contributed by atoms with Gasteiger partial charge in [0.1, 0.15) is 22.8 Å². The molecule has 3 aromatic carbocycles. The van der Waals surface area contributed by atoms with E-state index in [4.69, 9.17) is 4.74 Å². The first-order valence-electron chi connectivity index (χ1n) is 10.5. The molecule has 4 nitrogen and oxygen atoms in total. The highest BCUT2D eigenvalue weighted by atomic mass is 19.1. The van der Waals surface area contributed by atoms with Crippen molar-refractivity contribution < 1.29 is 13.9 Å². The molecule has 0 saturated heterocycles. The maximum atomic E-state index is 13.4. The smallest absolute Gasteiger partial charge is 0.252 e. The average Bonchev–Trinajstić information content (AvgIpc) is 2.85. The minimum absolute atomic E-state index is 0.296. The molecular weight excluding hydrogens is 403 g/mol. The molecule has 4 aromatic rings. The van der Waals surface area contributed by atoms with Gasteiger partial charge in [0.25, 0.3) is 5.91 Å². The van der Waals surface area contributed by atoms with E-state index >= 15 is 0 Å². The predicted molar refractivity (Wildman–Crippen MR) is 121 cm³/mol. The van der Waals surface area contributed by atoms with E-state index in [1.165, 1.54) is 24.3 Å². The van der Waals surface area contributed by atoms with Crippen LogP contribution in [-0.4, -0.2) is 17.5 Å². The Hall–Kier alpha value is -3.99. The standard InChI is InChI=1S/C27H21FN2O2/c28-23-14-10-21(11-15-23)26(31)30-27(16-18-32-24-7-4-17-29-25(24)27)22-12-8-20(9-13-22)19-5-2-1-3-6-19/h1-15,17H,16,18H2,(H,30,31). The van der Waals surface area contributed by atoms with Gasteiger partial charge in [0.15, 0.2) is 0 Å². The van der Waals surface area contributed by atoms with Crippen molar-refractivity contribution in [2.45, 2.75) is 12.0 Å². The Kier molecular flexibility index (Phi) is 5.15. The number of hydrogen-bond acceptors (Lipinski definition) is 3. The van der Waals surface area contributed by atoms with Crippen LogP contribution in [0.5, 0.6) is 5.75 Å². The van der Waals surface area contributed by atoms with E-state index in [0.29, 0.717) is 30.0 Å². The monoisotopic (exact) mass is 424 g/mol. The van der Waals surface area contributed by atoms with Gasteiger partial charge < -0.3 is 10.1 Å². The first-order chi connectivity index (χ1) is 15.7. The van der Waals surface area contributed by atoms with Gasteiger partial charge in [-0.1, -0.05) is 54.6 Å². The molecule has 0 saturated carbocycles. The molecule has 0 aliphatic carbocycles. The van der Waals surface area contributed by atoms with E-state index in [9.17, 15) is 9.18 Å². The van der Waals surface area contributed by atoms with E-state index in [-0.39, 0.29) is 11.7 Å². The lowest BCUT2D eigenvalue weighted by atomic mass is 9.80. The van der Waals surface area contributed by atoms with Crippen LogP contribution in [0, 0.1) is 5.82 Å². The molecular formula is C27H21FN2O2. The number of pyridine rings is 1. The lowest BCUT2D eigenvalue weighted by molar-refractivity contribution is 0.0883. The molecule has 5 rings (SSSR count). The lowest BCUT2D eigenvalue weighted by Crippen LogP contribution is -2.50. The first kappa shape index (κ1) is 19.9. The number of nitrogens with zero attached hydrogens (tertiary/aromatic N) is 1. The Morgan fingerprint density at radius 3 is 2.34 bits per heavy atom. The van der Waals surface area contributed by atoms with Gasteiger partial charge in [-0.05, 0) is 53.1 Å². The van der Waals surface area contributed by atoms with Gasteiger partial charge in [0, 0.05) is 18.2 Å². The molecule has 32 heavy (non-hydrogen) atoms. The average molecular weight is 424 g/mol. The third kappa shape index (κ3) is 3.62. The van der Waals surface area contributed by atoms with Gasteiger partial charge >= 0.3 is 0 Å².